The van der Waals surface area contributed by atoms with Crippen LogP contribution in [-0.4, -0.2) is 0 Å². The Morgan fingerprint density at radius 3 is 2.18 bits per heavy atom. The molecule has 0 aromatic heterocycles. The molecule has 0 aliphatic heterocycles. The third-order valence-corrected chi connectivity index (χ3v) is 4.75. The molecule has 1 aromatic rings. The molecule has 1 rings (SSSR count). The van der Waals surface area contributed by atoms with E-state index in [0.29, 0.717) is 0 Å². The van der Waals surface area contributed by atoms with Gasteiger partial charge in [0.05, 0.1) is 0 Å². The predicted octanol–water partition coefficient (Wildman–Crippen LogP) is 3.60. The van der Waals surface area contributed by atoms with Crippen LogP contribution in [0, 0.1) is 6.92 Å². The molecule has 0 amide bonds. The SMILES string of the molecule is Cc1ccccc1P(=O)(Br)Br. The quantitative estimate of drug-likeness (QED) is 0.724. The minimum atomic E-state index is -2.43. The Balaban J connectivity index is 3.25. The van der Waals surface area contributed by atoms with Gasteiger partial charge in [0.1, 0.15) is 0 Å². The normalized spacial score (nSPS) is 11.5. The average molecular weight is 298 g/mol. The van der Waals surface area contributed by atoms with Crippen LogP contribution in [0.3, 0.4) is 0 Å². The third-order valence-electron chi connectivity index (χ3n) is 1.40. The van der Waals surface area contributed by atoms with E-state index >= 15 is 0 Å². The third kappa shape index (κ3) is 2.43. The fourth-order valence-electron chi connectivity index (χ4n) is 0.855. The molecule has 0 unspecified atom stereocenters. The lowest BCUT2D eigenvalue weighted by Crippen LogP contribution is -2.00. The van der Waals surface area contributed by atoms with Gasteiger partial charge >= 0.3 is 0 Å². The van der Waals surface area contributed by atoms with Gasteiger partial charge < -0.3 is 0 Å². The molecule has 1 aromatic carbocycles. The van der Waals surface area contributed by atoms with Gasteiger partial charge in [-0.05, 0) is 49.5 Å². The Bertz CT molecular complexity index is 305. The minimum absolute atomic E-state index is 0.833. The van der Waals surface area contributed by atoms with Crippen molar-refractivity contribution >= 4 is 40.8 Å². The predicted molar refractivity (Wildman–Crippen MR) is 56.3 cm³/mol. The van der Waals surface area contributed by atoms with Gasteiger partial charge in [0.2, 0.25) is 4.55 Å². The van der Waals surface area contributed by atoms with Crippen LogP contribution in [0.2, 0.25) is 0 Å². The van der Waals surface area contributed by atoms with Crippen LogP contribution in [0.25, 0.3) is 0 Å². The molecule has 4 heteroatoms. The van der Waals surface area contributed by atoms with Gasteiger partial charge in [0.15, 0.2) is 0 Å². The van der Waals surface area contributed by atoms with Crippen LogP contribution >= 0.6 is 35.5 Å². The van der Waals surface area contributed by atoms with E-state index in [4.69, 9.17) is 0 Å². The highest BCUT2D eigenvalue weighted by Gasteiger charge is 2.17. The van der Waals surface area contributed by atoms with E-state index in [1.54, 1.807) is 0 Å². The number of hydrogen-bond acceptors (Lipinski definition) is 1. The molecule has 0 fully saturated rings. The first kappa shape index (κ1) is 9.50. The zero-order valence-electron chi connectivity index (χ0n) is 5.92. The van der Waals surface area contributed by atoms with Crippen LogP contribution in [0.4, 0.5) is 0 Å². The standard InChI is InChI=1S/C7H7Br2OP/c1-6-4-2-3-5-7(6)11(8,9)10/h2-5H,1H3. The lowest BCUT2D eigenvalue weighted by atomic mass is 10.2. The largest absolute Gasteiger partial charge is 0.294 e. The molecular weight excluding hydrogens is 291 g/mol. The fraction of sp³-hybridized carbons (Fsp3) is 0.143. The van der Waals surface area contributed by atoms with Crippen LogP contribution in [0.15, 0.2) is 24.3 Å². The summed E-state index contributed by atoms with van der Waals surface area (Å²) in [6.07, 6.45) is 0. The Hall–Kier alpha value is 0.410. The van der Waals surface area contributed by atoms with Crippen molar-refractivity contribution in [3.05, 3.63) is 29.8 Å². The second-order valence-electron chi connectivity index (χ2n) is 2.25. The Morgan fingerprint density at radius 2 is 1.82 bits per heavy atom. The average Bonchev–Trinajstić information content (AvgIpc) is 1.86. The van der Waals surface area contributed by atoms with Crippen LogP contribution in [-0.2, 0) is 4.57 Å². The number of halogens is 2. The summed E-state index contributed by atoms with van der Waals surface area (Å²) in [4.78, 5) is 0. The van der Waals surface area contributed by atoms with Gasteiger partial charge in [-0.15, -0.1) is 0 Å². The molecule has 1 nitrogen and oxygen atoms in total. The van der Waals surface area contributed by atoms with Gasteiger partial charge in [-0.2, -0.15) is 0 Å². The van der Waals surface area contributed by atoms with Crippen molar-refractivity contribution in [3.63, 3.8) is 0 Å². The zero-order valence-corrected chi connectivity index (χ0v) is 9.99. The summed E-state index contributed by atoms with van der Waals surface area (Å²) in [7, 11) is 0. The molecule has 0 N–H and O–H groups in total. The maximum Gasteiger partial charge on any atom is 0.236 e. The lowest BCUT2D eigenvalue weighted by molar-refractivity contribution is 0.599. The molecule has 0 bridgehead atoms. The molecule has 0 saturated carbocycles. The summed E-state index contributed by atoms with van der Waals surface area (Å²) in [6.45, 7) is 1.94. The van der Waals surface area contributed by atoms with Crippen LogP contribution in [0.1, 0.15) is 5.56 Å². The zero-order chi connectivity index (χ0) is 8.48. The maximum atomic E-state index is 11.5. The molecule has 0 aliphatic rings. The fourth-order valence-corrected chi connectivity index (χ4v) is 3.99. The molecule has 0 spiro atoms. The molecule has 60 valence electrons. The first-order chi connectivity index (χ1) is 5.02. The summed E-state index contributed by atoms with van der Waals surface area (Å²) >= 11 is 6.22. The topological polar surface area (TPSA) is 17.1 Å². The molecular formula is C7H7Br2OP. The number of rotatable bonds is 1. The summed E-state index contributed by atoms with van der Waals surface area (Å²) in [6, 6.07) is 7.58. The minimum Gasteiger partial charge on any atom is -0.294 e. The smallest absolute Gasteiger partial charge is 0.236 e. The van der Waals surface area contributed by atoms with E-state index in [0.717, 1.165) is 10.9 Å². The van der Waals surface area contributed by atoms with E-state index < -0.39 is 4.55 Å². The summed E-state index contributed by atoms with van der Waals surface area (Å²) in [5.74, 6) is 0. The highest BCUT2D eigenvalue weighted by Crippen LogP contribution is 2.60. The molecule has 0 heterocycles. The first-order valence-corrected chi connectivity index (χ1v) is 8.82. The molecule has 0 radical (unpaired) electrons. The monoisotopic (exact) mass is 296 g/mol. The van der Waals surface area contributed by atoms with Crippen LogP contribution < -0.4 is 5.30 Å². The Kier molecular flexibility index (Phi) is 2.96. The van der Waals surface area contributed by atoms with Crippen molar-refractivity contribution < 1.29 is 4.57 Å². The van der Waals surface area contributed by atoms with E-state index in [1.165, 1.54) is 0 Å². The van der Waals surface area contributed by atoms with Gasteiger partial charge in [-0.3, -0.25) is 4.57 Å². The lowest BCUT2D eigenvalue weighted by Gasteiger charge is -2.05. The number of aryl methyl sites for hydroxylation is 1. The van der Waals surface area contributed by atoms with Crippen molar-refractivity contribution in [2.75, 3.05) is 0 Å². The van der Waals surface area contributed by atoms with E-state index in [2.05, 4.69) is 31.0 Å². The summed E-state index contributed by atoms with van der Waals surface area (Å²) in [5, 5.41) is 0.833. The van der Waals surface area contributed by atoms with Crippen molar-refractivity contribution in [1.82, 2.24) is 0 Å². The van der Waals surface area contributed by atoms with Crippen molar-refractivity contribution in [2.24, 2.45) is 0 Å². The molecule has 11 heavy (non-hydrogen) atoms. The Labute approximate surface area is 82.0 Å². The van der Waals surface area contributed by atoms with E-state index in [9.17, 15) is 4.57 Å². The summed E-state index contributed by atoms with van der Waals surface area (Å²) < 4.78 is 9.04. The highest BCUT2D eigenvalue weighted by atomic mass is 79.9. The summed E-state index contributed by atoms with van der Waals surface area (Å²) in [5.41, 5.74) is 1.03. The highest BCUT2D eigenvalue weighted by molar-refractivity contribution is 9.71. The first-order valence-electron chi connectivity index (χ1n) is 3.07. The van der Waals surface area contributed by atoms with Crippen LogP contribution in [0.5, 0.6) is 0 Å². The second kappa shape index (κ2) is 3.42. The molecule has 0 aliphatic carbocycles. The van der Waals surface area contributed by atoms with Crippen molar-refractivity contribution in [2.45, 2.75) is 6.92 Å². The van der Waals surface area contributed by atoms with Gasteiger partial charge in [0.25, 0.3) is 0 Å². The van der Waals surface area contributed by atoms with Crippen molar-refractivity contribution in [1.29, 1.82) is 0 Å². The second-order valence-corrected chi connectivity index (χ2v) is 12.5. The Morgan fingerprint density at radius 1 is 1.27 bits per heavy atom. The van der Waals surface area contributed by atoms with E-state index in [1.807, 2.05) is 31.2 Å². The maximum absolute atomic E-state index is 11.5. The van der Waals surface area contributed by atoms with Gasteiger partial charge in [-0.25, -0.2) is 0 Å². The number of benzene rings is 1. The number of hydrogen-bond donors (Lipinski definition) is 0. The van der Waals surface area contributed by atoms with E-state index in [-0.39, 0.29) is 0 Å². The van der Waals surface area contributed by atoms with Gasteiger partial charge in [-0.1, -0.05) is 18.2 Å². The van der Waals surface area contributed by atoms with Gasteiger partial charge in [0, 0.05) is 5.30 Å². The molecule has 0 atom stereocenters. The van der Waals surface area contributed by atoms with Crippen molar-refractivity contribution in [3.8, 4) is 0 Å². The molecule has 0 saturated heterocycles.